The first-order valence-corrected chi connectivity index (χ1v) is 11.7. The highest BCUT2D eigenvalue weighted by Crippen LogP contribution is 2.40. The lowest BCUT2D eigenvalue weighted by Gasteiger charge is -2.20. The average molecular weight is 450 g/mol. The number of hydrogen-bond acceptors (Lipinski definition) is 7. The van der Waals surface area contributed by atoms with Crippen molar-refractivity contribution in [2.45, 2.75) is 67.1 Å². The molecule has 0 saturated heterocycles. The molecule has 158 valence electrons. The van der Waals surface area contributed by atoms with Crippen LogP contribution in [-0.2, 0) is 0 Å². The molecule has 1 aliphatic carbocycles. The van der Waals surface area contributed by atoms with Gasteiger partial charge in [0.25, 0.3) is 0 Å². The number of aromatic nitrogens is 1. The van der Waals surface area contributed by atoms with Crippen molar-refractivity contribution in [1.29, 1.82) is 0 Å². The number of hydrogen-bond donors (Lipinski definition) is 4. The minimum absolute atomic E-state index is 0.0870. The molecule has 1 heterocycles. The van der Waals surface area contributed by atoms with Crippen molar-refractivity contribution in [1.82, 2.24) is 4.98 Å². The number of halogens is 1. The van der Waals surface area contributed by atoms with Gasteiger partial charge in [-0.1, -0.05) is 23.9 Å². The maximum atomic E-state index is 10.9. The Balaban J connectivity index is 1.84. The Morgan fingerprint density at radius 2 is 2.21 bits per heavy atom. The van der Waals surface area contributed by atoms with E-state index < -0.39 is 18.2 Å². The smallest absolute Gasteiger partial charge is 0.347 e. The normalized spacial score (nSPS) is 27.3. The number of aliphatic hydroxyl groups is 3. The lowest BCUT2D eigenvalue weighted by molar-refractivity contribution is 0.0701. The molecule has 0 radical (unpaired) electrons. The number of rotatable bonds is 11. The first-order valence-electron chi connectivity index (χ1n) is 9.46. The summed E-state index contributed by atoms with van der Waals surface area (Å²) in [6.07, 6.45) is 6.73. The number of nitrogens with zero attached hydrogens (tertiary/aromatic N) is 1. The van der Waals surface area contributed by atoms with Gasteiger partial charge in [-0.3, -0.25) is 0 Å². The molecule has 28 heavy (non-hydrogen) atoms. The highest BCUT2D eigenvalue weighted by atomic mass is 35.5. The number of aliphatic hydroxyl groups excluding tert-OH is 3. The van der Waals surface area contributed by atoms with Gasteiger partial charge in [-0.05, 0) is 44.9 Å². The van der Waals surface area contributed by atoms with Gasteiger partial charge in [0.2, 0.25) is 0 Å². The van der Waals surface area contributed by atoms with Gasteiger partial charge in [0.1, 0.15) is 4.88 Å². The fourth-order valence-corrected chi connectivity index (χ4v) is 5.82. The molecule has 1 fully saturated rings. The Kier molecular flexibility index (Phi) is 9.73. The molecular formula is C19H28ClNO5S2. The standard InChI is InChI=1S/C19H28ClNO5S2/c1-11(22)3-2-4-12(23)5-6-14-13(15(20)9-16(14)24)7-8-27-19-21-10-17(28-19)18(25)26/h5-6,10-16,22-24H,2-4,7-9H2,1H3,(H,25,26)/t11-,12+,13-,14-,15-,16-/m1/s1. The van der Waals surface area contributed by atoms with Crippen LogP contribution in [0.3, 0.4) is 0 Å². The van der Waals surface area contributed by atoms with Gasteiger partial charge in [-0.2, -0.15) is 0 Å². The summed E-state index contributed by atoms with van der Waals surface area (Å²) >= 11 is 9.09. The van der Waals surface area contributed by atoms with E-state index in [4.69, 9.17) is 16.7 Å². The predicted octanol–water partition coefficient (Wildman–Crippen LogP) is 3.40. The Labute approximate surface area is 178 Å². The van der Waals surface area contributed by atoms with Crippen molar-refractivity contribution in [2.24, 2.45) is 11.8 Å². The van der Waals surface area contributed by atoms with Crippen LogP contribution in [0.5, 0.6) is 0 Å². The van der Waals surface area contributed by atoms with Gasteiger partial charge in [0.15, 0.2) is 4.34 Å². The Morgan fingerprint density at radius 3 is 2.86 bits per heavy atom. The topological polar surface area (TPSA) is 111 Å². The van der Waals surface area contributed by atoms with Gasteiger partial charge >= 0.3 is 5.97 Å². The van der Waals surface area contributed by atoms with Crippen LogP contribution in [0.15, 0.2) is 22.7 Å². The molecule has 1 aromatic heterocycles. The molecule has 6 nitrogen and oxygen atoms in total. The summed E-state index contributed by atoms with van der Waals surface area (Å²) < 4.78 is 0.711. The van der Waals surface area contributed by atoms with E-state index in [2.05, 4.69) is 4.98 Å². The third-order valence-corrected chi connectivity index (χ3v) is 7.60. The molecule has 0 spiro atoms. The second-order valence-corrected chi connectivity index (χ2v) is 10.2. The van der Waals surface area contributed by atoms with Gasteiger partial charge in [-0.15, -0.1) is 22.9 Å². The Hall–Kier alpha value is -0.640. The summed E-state index contributed by atoms with van der Waals surface area (Å²) in [6.45, 7) is 1.73. The summed E-state index contributed by atoms with van der Waals surface area (Å²) in [7, 11) is 0. The van der Waals surface area contributed by atoms with E-state index in [9.17, 15) is 20.1 Å². The second-order valence-electron chi connectivity index (χ2n) is 7.23. The highest BCUT2D eigenvalue weighted by Gasteiger charge is 2.39. The van der Waals surface area contributed by atoms with E-state index in [-0.39, 0.29) is 28.2 Å². The molecule has 4 N–H and O–H groups in total. The summed E-state index contributed by atoms with van der Waals surface area (Å²) in [5, 5.41) is 38.5. The number of thioether (sulfide) groups is 1. The van der Waals surface area contributed by atoms with Crippen LogP contribution >= 0.6 is 34.7 Å². The zero-order valence-electron chi connectivity index (χ0n) is 15.8. The quantitative estimate of drug-likeness (QED) is 0.233. The third kappa shape index (κ3) is 7.31. The molecule has 2 rings (SSSR count). The molecule has 0 unspecified atom stereocenters. The fraction of sp³-hybridized carbons (Fsp3) is 0.684. The number of carboxylic acid groups (broad SMARTS) is 1. The first-order chi connectivity index (χ1) is 13.3. The van der Waals surface area contributed by atoms with Crippen LogP contribution in [-0.4, -0.2) is 60.8 Å². The predicted molar refractivity (Wildman–Crippen MR) is 112 cm³/mol. The molecule has 1 saturated carbocycles. The molecule has 0 amide bonds. The van der Waals surface area contributed by atoms with Crippen LogP contribution in [0.25, 0.3) is 0 Å². The van der Waals surface area contributed by atoms with Gasteiger partial charge in [0.05, 0.1) is 24.5 Å². The number of thiazole rings is 1. The van der Waals surface area contributed by atoms with Gasteiger partial charge < -0.3 is 20.4 Å². The first kappa shape index (κ1) is 23.6. The molecular weight excluding hydrogens is 422 g/mol. The molecule has 0 bridgehead atoms. The second kappa shape index (κ2) is 11.5. The molecule has 0 aromatic carbocycles. The Bertz CT molecular complexity index is 654. The van der Waals surface area contributed by atoms with Crippen LogP contribution in [0.4, 0.5) is 0 Å². The molecule has 6 atom stereocenters. The monoisotopic (exact) mass is 449 g/mol. The van der Waals surface area contributed by atoms with E-state index in [0.29, 0.717) is 23.6 Å². The van der Waals surface area contributed by atoms with Crippen molar-refractivity contribution in [3.8, 4) is 0 Å². The van der Waals surface area contributed by atoms with E-state index in [0.717, 1.165) is 29.9 Å². The lowest BCUT2D eigenvalue weighted by Crippen LogP contribution is -2.20. The summed E-state index contributed by atoms with van der Waals surface area (Å²) in [6, 6.07) is 0. The summed E-state index contributed by atoms with van der Waals surface area (Å²) in [5.41, 5.74) is 0. The van der Waals surface area contributed by atoms with E-state index in [1.165, 1.54) is 18.0 Å². The number of carboxylic acids is 1. The van der Waals surface area contributed by atoms with Crippen molar-refractivity contribution < 1.29 is 25.2 Å². The van der Waals surface area contributed by atoms with Crippen LogP contribution < -0.4 is 0 Å². The maximum Gasteiger partial charge on any atom is 0.347 e. The van der Waals surface area contributed by atoms with E-state index in [1.807, 2.05) is 6.08 Å². The van der Waals surface area contributed by atoms with Crippen LogP contribution in [0.1, 0.15) is 48.7 Å². The van der Waals surface area contributed by atoms with Crippen molar-refractivity contribution in [3.63, 3.8) is 0 Å². The van der Waals surface area contributed by atoms with Crippen LogP contribution in [0.2, 0.25) is 0 Å². The average Bonchev–Trinajstić information content (AvgIpc) is 3.18. The maximum absolute atomic E-state index is 10.9. The molecule has 1 aromatic rings. The van der Waals surface area contributed by atoms with E-state index in [1.54, 1.807) is 13.0 Å². The largest absolute Gasteiger partial charge is 0.477 e. The number of alkyl halides is 1. The van der Waals surface area contributed by atoms with E-state index >= 15 is 0 Å². The zero-order chi connectivity index (χ0) is 20.7. The SMILES string of the molecule is C[C@@H](O)CCC[C@H](O)C=C[C@@H]1[C@@H](CCSc2ncc(C(=O)O)s2)[C@H](Cl)C[C@H]1O. The van der Waals surface area contributed by atoms with Crippen molar-refractivity contribution in [2.75, 3.05) is 5.75 Å². The van der Waals surface area contributed by atoms with Crippen LogP contribution in [0, 0.1) is 11.8 Å². The lowest BCUT2D eigenvalue weighted by atomic mass is 9.91. The Morgan fingerprint density at radius 1 is 1.46 bits per heavy atom. The number of aromatic carboxylic acids is 1. The van der Waals surface area contributed by atoms with Crippen molar-refractivity contribution >= 4 is 40.7 Å². The minimum atomic E-state index is -0.971. The summed E-state index contributed by atoms with van der Waals surface area (Å²) in [4.78, 5) is 15.3. The molecule has 0 aliphatic heterocycles. The molecule has 1 aliphatic rings. The van der Waals surface area contributed by atoms with Gasteiger partial charge in [0, 0.05) is 17.0 Å². The molecule has 9 heteroatoms. The van der Waals surface area contributed by atoms with Gasteiger partial charge in [-0.25, -0.2) is 9.78 Å². The van der Waals surface area contributed by atoms with Crippen molar-refractivity contribution in [3.05, 3.63) is 23.2 Å². The third-order valence-electron chi connectivity index (χ3n) is 4.92. The summed E-state index contributed by atoms with van der Waals surface area (Å²) in [5.74, 6) is -0.264. The fourth-order valence-electron chi connectivity index (χ4n) is 3.41. The number of carbonyl (C=O) groups is 1. The zero-order valence-corrected chi connectivity index (χ0v) is 18.2. The minimum Gasteiger partial charge on any atom is -0.477 e. The highest BCUT2D eigenvalue weighted by molar-refractivity contribution is 8.01.